The number of hydrogen-bond acceptors (Lipinski definition) is 2. The molecule has 0 aromatic carbocycles. The number of rotatable bonds is 1. The van der Waals surface area contributed by atoms with Crippen LogP contribution in [0, 0.1) is 23.7 Å². The van der Waals surface area contributed by atoms with Gasteiger partial charge < -0.3 is 0 Å². The fourth-order valence-corrected chi connectivity index (χ4v) is 3.47. The normalized spacial score (nSPS) is 39.2. The number of hydrogen-bond donors (Lipinski definition) is 1. The maximum Gasteiger partial charge on any atom is 0.0362 e. The molecule has 2 nitrogen and oxygen atoms in total. The van der Waals surface area contributed by atoms with Crippen molar-refractivity contribution in [3.8, 4) is 0 Å². The third-order valence-electron chi connectivity index (χ3n) is 4.09. The average Bonchev–Trinajstić information content (AvgIpc) is 2.77. The molecule has 2 fully saturated rings. The lowest BCUT2D eigenvalue weighted by molar-refractivity contribution is 0.470. The van der Waals surface area contributed by atoms with Gasteiger partial charge in [0.1, 0.15) is 0 Å². The van der Waals surface area contributed by atoms with Crippen molar-refractivity contribution in [2.45, 2.75) is 33.1 Å². The third kappa shape index (κ3) is 0.999. The summed E-state index contributed by atoms with van der Waals surface area (Å²) in [6.07, 6.45) is 6.41. The zero-order valence-corrected chi connectivity index (χ0v) is 8.96. The lowest BCUT2D eigenvalue weighted by Crippen LogP contribution is -2.28. The highest BCUT2D eigenvalue weighted by molar-refractivity contribution is 5.69. The van der Waals surface area contributed by atoms with Gasteiger partial charge in [0, 0.05) is 17.8 Å². The molecule has 3 rings (SSSR count). The first-order chi connectivity index (χ1) is 6.77. The van der Waals surface area contributed by atoms with Gasteiger partial charge in [0.05, 0.1) is 0 Å². The summed E-state index contributed by atoms with van der Waals surface area (Å²) in [4.78, 5) is 0. The van der Waals surface area contributed by atoms with E-state index in [0.717, 1.165) is 11.8 Å². The predicted molar refractivity (Wildman–Crippen MR) is 57.8 cm³/mol. The summed E-state index contributed by atoms with van der Waals surface area (Å²) < 4.78 is 0. The van der Waals surface area contributed by atoms with Crippen molar-refractivity contribution in [2.24, 2.45) is 28.8 Å². The van der Waals surface area contributed by atoms with Crippen molar-refractivity contribution < 1.29 is 0 Å². The van der Waals surface area contributed by atoms with Crippen LogP contribution >= 0.6 is 0 Å². The molecule has 3 atom stereocenters. The van der Waals surface area contributed by atoms with Gasteiger partial charge in [-0.05, 0) is 42.6 Å². The minimum Gasteiger partial charge on any atom is -0.283 e. The minimum absolute atomic E-state index is 0.601. The topological polar surface area (TPSA) is 24.4 Å². The van der Waals surface area contributed by atoms with Crippen LogP contribution in [0.3, 0.4) is 0 Å². The fraction of sp³-hybridized carbons (Fsp3) is 0.750. The largest absolute Gasteiger partial charge is 0.283 e. The van der Waals surface area contributed by atoms with Crippen LogP contribution in [0.1, 0.15) is 33.1 Å². The zero-order chi connectivity index (χ0) is 9.71. The molecule has 14 heavy (non-hydrogen) atoms. The quantitative estimate of drug-likeness (QED) is 0.675. The summed E-state index contributed by atoms with van der Waals surface area (Å²) in [5.41, 5.74) is 6.35. The molecule has 0 aromatic heterocycles. The molecule has 0 aromatic rings. The summed E-state index contributed by atoms with van der Waals surface area (Å²) in [5, 5.41) is 4.31. The summed E-state index contributed by atoms with van der Waals surface area (Å²) in [5.74, 6) is 3.08. The number of hydrazone groups is 1. The Morgan fingerprint density at radius 1 is 1.43 bits per heavy atom. The van der Waals surface area contributed by atoms with Crippen LogP contribution in [0.2, 0.25) is 0 Å². The van der Waals surface area contributed by atoms with Gasteiger partial charge in [0.15, 0.2) is 0 Å². The first-order valence-corrected chi connectivity index (χ1v) is 5.80. The van der Waals surface area contributed by atoms with Crippen molar-refractivity contribution in [3.63, 3.8) is 0 Å². The van der Waals surface area contributed by atoms with E-state index in [0.29, 0.717) is 11.8 Å². The van der Waals surface area contributed by atoms with Gasteiger partial charge in [0.2, 0.25) is 0 Å². The van der Waals surface area contributed by atoms with Crippen molar-refractivity contribution in [1.29, 1.82) is 0 Å². The molecule has 2 heteroatoms. The Hall–Kier alpha value is -0.790. The van der Waals surface area contributed by atoms with Gasteiger partial charge >= 0.3 is 0 Å². The monoisotopic (exact) mass is 190 g/mol. The molecule has 2 aliphatic carbocycles. The van der Waals surface area contributed by atoms with E-state index >= 15 is 0 Å². The Morgan fingerprint density at radius 2 is 2.29 bits per heavy atom. The van der Waals surface area contributed by atoms with Crippen molar-refractivity contribution >= 4 is 6.21 Å². The first-order valence-electron chi connectivity index (χ1n) is 5.80. The molecule has 0 spiro atoms. The van der Waals surface area contributed by atoms with Crippen LogP contribution in [0.25, 0.3) is 0 Å². The molecule has 2 saturated carbocycles. The Kier molecular flexibility index (Phi) is 1.73. The van der Waals surface area contributed by atoms with Gasteiger partial charge in [-0.3, -0.25) is 5.43 Å². The fourth-order valence-electron chi connectivity index (χ4n) is 3.47. The number of nitrogens with zero attached hydrogens (tertiary/aromatic N) is 1. The van der Waals surface area contributed by atoms with Crippen LogP contribution in [0.4, 0.5) is 0 Å². The van der Waals surface area contributed by atoms with E-state index in [1.165, 1.54) is 25.0 Å². The second-order valence-electron chi connectivity index (χ2n) is 5.21. The van der Waals surface area contributed by atoms with E-state index in [1.807, 2.05) is 0 Å². The lowest BCUT2D eigenvalue weighted by atomic mass is 9.81. The summed E-state index contributed by atoms with van der Waals surface area (Å²) in [6.45, 7) is 4.53. The zero-order valence-electron chi connectivity index (χ0n) is 8.96. The third-order valence-corrected chi connectivity index (χ3v) is 4.09. The second kappa shape index (κ2) is 2.85. The maximum absolute atomic E-state index is 4.31. The van der Waals surface area contributed by atoms with Crippen LogP contribution in [-0.2, 0) is 0 Å². The second-order valence-corrected chi connectivity index (χ2v) is 5.21. The molecule has 76 valence electrons. The van der Waals surface area contributed by atoms with Crippen LogP contribution < -0.4 is 5.43 Å². The smallest absolute Gasteiger partial charge is 0.0362 e. The van der Waals surface area contributed by atoms with Gasteiger partial charge in [-0.25, -0.2) is 0 Å². The van der Waals surface area contributed by atoms with Crippen molar-refractivity contribution in [3.05, 3.63) is 11.3 Å². The predicted octanol–water partition coefficient (Wildman–Crippen LogP) is 2.53. The Bertz CT molecular complexity index is 314. The van der Waals surface area contributed by atoms with E-state index in [1.54, 1.807) is 5.57 Å². The number of allylic oxidation sites excluding steroid dienone is 2. The minimum atomic E-state index is 0.601. The van der Waals surface area contributed by atoms with Gasteiger partial charge in [-0.15, -0.1) is 0 Å². The first kappa shape index (κ1) is 8.51. The number of nitrogens with one attached hydrogen (secondary N) is 1. The van der Waals surface area contributed by atoms with E-state index in [2.05, 4.69) is 30.6 Å². The molecule has 3 aliphatic rings. The standard InChI is InChI=1S/C12H18N2/c1-7(2)12-11-9-4-3-8(5-9)10(11)6-13-14-12/h6-10,14H,3-5H2,1-2H3. The average molecular weight is 190 g/mol. The van der Waals surface area contributed by atoms with Crippen LogP contribution in [0.15, 0.2) is 16.4 Å². The van der Waals surface area contributed by atoms with Gasteiger partial charge in [-0.2, -0.15) is 5.10 Å². The Balaban J connectivity index is 2.03. The highest BCUT2D eigenvalue weighted by Crippen LogP contribution is 2.53. The van der Waals surface area contributed by atoms with E-state index in [-0.39, 0.29) is 0 Å². The van der Waals surface area contributed by atoms with Crippen molar-refractivity contribution in [2.75, 3.05) is 0 Å². The SMILES string of the molecule is CC(C)C1=C2C3CCC(C3)C2C=NN1. The lowest BCUT2D eigenvalue weighted by Gasteiger charge is -2.29. The summed E-state index contributed by atoms with van der Waals surface area (Å²) >= 11 is 0. The Morgan fingerprint density at radius 3 is 3.07 bits per heavy atom. The molecule has 1 heterocycles. The van der Waals surface area contributed by atoms with Gasteiger partial charge in [0.25, 0.3) is 0 Å². The van der Waals surface area contributed by atoms with Gasteiger partial charge in [-0.1, -0.05) is 13.8 Å². The summed E-state index contributed by atoms with van der Waals surface area (Å²) in [7, 11) is 0. The van der Waals surface area contributed by atoms with E-state index in [4.69, 9.17) is 0 Å². The molecule has 0 amide bonds. The molecular weight excluding hydrogens is 172 g/mol. The molecule has 0 saturated heterocycles. The highest BCUT2D eigenvalue weighted by atomic mass is 15.3. The molecule has 3 unspecified atom stereocenters. The molecule has 0 radical (unpaired) electrons. The maximum atomic E-state index is 4.31. The highest BCUT2D eigenvalue weighted by Gasteiger charge is 2.45. The Labute approximate surface area is 85.5 Å². The van der Waals surface area contributed by atoms with Crippen LogP contribution in [0.5, 0.6) is 0 Å². The molecule has 2 bridgehead atoms. The van der Waals surface area contributed by atoms with E-state index in [9.17, 15) is 0 Å². The van der Waals surface area contributed by atoms with Crippen molar-refractivity contribution in [1.82, 2.24) is 5.43 Å². The summed E-state index contributed by atoms with van der Waals surface area (Å²) in [6, 6.07) is 0. The molecule has 1 aliphatic heterocycles. The molecule has 1 N–H and O–H groups in total. The molecular formula is C12H18N2. The van der Waals surface area contributed by atoms with Crippen LogP contribution in [-0.4, -0.2) is 6.21 Å². The number of fused-ring (bicyclic) bond motifs is 5. The van der Waals surface area contributed by atoms with E-state index < -0.39 is 0 Å².